The maximum absolute atomic E-state index is 12.1. The van der Waals surface area contributed by atoms with Crippen molar-refractivity contribution in [2.45, 2.75) is 111 Å². The van der Waals surface area contributed by atoms with Gasteiger partial charge in [0, 0.05) is 0 Å². The average molecular weight is 444 g/mol. The average Bonchev–Trinajstić information content (AvgIpc) is 2.78. The number of nitrogens with zero attached hydrogens (tertiary/aromatic N) is 1. The standard InChI is InChI=1S/C26H43BNO4/c1-4-6-8-10-12-14-16-18-30-24-21-23(26(29)32-28-27)20-22(3)25(24)31-19-17-15-13-11-9-7-5-2/h20-21H,4-19H2,1-3H3. The molecule has 0 saturated heterocycles. The van der Waals surface area contributed by atoms with Gasteiger partial charge in [-0.15, -0.1) is 0 Å². The Morgan fingerprint density at radius 2 is 1.28 bits per heavy atom. The van der Waals surface area contributed by atoms with Crippen LogP contribution in [-0.4, -0.2) is 26.8 Å². The van der Waals surface area contributed by atoms with Crippen molar-refractivity contribution in [2.24, 2.45) is 5.06 Å². The van der Waals surface area contributed by atoms with Crippen LogP contribution >= 0.6 is 0 Å². The third-order valence-corrected chi connectivity index (χ3v) is 5.61. The number of benzene rings is 1. The zero-order chi connectivity index (χ0) is 23.4. The van der Waals surface area contributed by atoms with Crippen LogP contribution in [-0.2, 0) is 4.84 Å². The number of ether oxygens (including phenoxy) is 2. The van der Waals surface area contributed by atoms with E-state index in [1.54, 1.807) is 12.1 Å². The van der Waals surface area contributed by atoms with Gasteiger partial charge in [0.2, 0.25) is 0 Å². The Morgan fingerprint density at radius 3 is 1.81 bits per heavy atom. The predicted octanol–water partition coefficient (Wildman–Crippen LogP) is 7.68. The zero-order valence-corrected chi connectivity index (χ0v) is 20.6. The van der Waals surface area contributed by atoms with E-state index < -0.39 is 5.97 Å². The van der Waals surface area contributed by atoms with Crippen LogP contribution in [0.25, 0.3) is 0 Å². The minimum atomic E-state index is -0.602. The Labute approximate surface area is 196 Å². The molecule has 1 aromatic carbocycles. The summed E-state index contributed by atoms with van der Waals surface area (Å²) >= 11 is 0. The van der Waals surface area contributed by atoms with E-state index in [1.165, 1.54) is 70.6 Å². The van der Waals surface area contributed by atoms with Gasteiger partial charge in [0.25, 0.3) is 0 Å². The van der Waals surface area contributed by atoms with Crippen LogP contribution in [0.1, 0.15) is 120 Å². The van der Waals surface area contributed by atoms with Gasteiger partial charge in [-0.2, -0.15) is 0 Å². The van der Waals surface area contributed by atoms with E-state index in [4.69, 9.17) is 17.1 Å². The van der Waals surface area contributed by atoms with E-state index in [9.17, 15) is 4.79 Å². The van der Waals surface area contributed by atoms with Gasteiger partial charge in [0.1, 0.15) is 0 Å². The Balaban J connectivity index is 2.59. The third kappa shape index (κ3) is 12.3. The molecule has 0 spiro atoms. The molecule has 179 valence electrons. The molecule has 0 unspecified atom stereocenters. The number of aryl methyl sites for hydroxylation is 1. The van der Waals surface area contributed by atoms with Gasteiger partial charge in [-0.3, -0.25) is 0 Å². The molecule has 0 aliphatic rings. The second kappa shape index (κ2) is 18.7. The van der Waals surface area contributed by atoms with E-state index in [1.807, 2.05) is 6.92 Å². The molecule has 1 aromatic rings. The van der Waals surface area contributed by atoms with Crippen molar-refractivity contribution in [2.75, 3.05) is 13.2 Å². The zero-order valence-electron chi connectivity index (χ0n) is 20.6. The Kier molecular flexibility index (Phi) is 16.5. The van der Waals surface area contributed by atoms with Crippen molar-refractivity contribution in [3.8, 4) is 11.5 Å². The molecule has 1 radical (unpaired) electrons. The molecule has 0 aliphatic heterocycles. The molecule has 0 amide bonds. The van der Waals surface area contributed by atoms with Gasteiger partial charge in [0.05, 0.1) is 0 Å². The van der Waals surface area contributed by atoms with Crippen molar-refractivity contribution in [1.29, 1.82) is 0 Å². The summed E-state index contributed by atoms with van der Waals surface area (Å²) in [6.07, 6.45) is 17.2. The SMILES string of the molecule is [B]=NOC(=O)c1cc(C)c(OCCCCCCCCC)c(OCCCCCCCCC)c1. The maximum atomic E-state index is 12.1. The summed E-state index contributed by atoms with van der Waals surface area (Å²) in [6.45, 7) is 7.62. The van der Waals surface area contributed by atoms with Crippen molar-refractivity contribution in [1.82, 2.24) is 0 Å². The van der Waals surface area contributed by atoms with E-state index in [2.05, 4.69) is 23.7 Å². The number of hydrogen-bond acceptors (Lipinski definition) is 5. The fourth-order valence-electron chi connectivity index (χ4n) is 3.73. The molecule has 0 bridgehead atoms. The molecule has 1 rings (SSSR count). The van der Waals surface area contributed by atoms with Crippen molar-refractivity contribution in [3.63, 3.8) is 0 Å². The van der Waals surface area contributed by atoms with E-state index in [0.29, 0.717) is 30.3 Å². The first-order valence-electron chi connectivity index (χ1n) is 12.7. The molecule has 0 aromatic heterocycles. The van der Waals surface area contributed by atoms with E-state index >= 15 is 0 Å². The van der Waals surface area contributed by atoms with Crippen LogP contribution in [0.2, 0.25) is 0 Å². The summed E-state index contributed by atoms with van der Waals surface area (Å²) in [5.41, 5.74) is 1.20. The van der Waals surface area contributed by atoms with Crippen LogP contribution in [0, 0.1) is 6.92 Å². The molecular formula is C26H43BNO4. The first-order chi connectivity index (χ1) is 15.6. The monoisotopic (exact) mass is 444 g/mol. The summed E-state index contributed by atoms with van der Waals surface area (Å²) in [5.74, 6) is 0.693. The first kappa shape index (κ1) is 28.2. The normalized spacial score (nSPS) is 10.7. The van der Waals surface area contributed by atoms with E-state index in [-0.39, 0.29) is 0 Å². The summed E-state index contributed by atoms with van der Waals surface area (Å²) in [4.78, 5) is 16.7. The molecule has 6 heteroatoms. The molecule has 32 heavy (non-hydrogen) atoms. The molecule has 0 atom stereocenters. The molecule has 0 aliphatic carbocycles. The molecular weight excluding hydrogens is 401 g/mol. The van der Waals surface area contributed by atoms with Crippen LogP contribution in [0.15, 0.2) is 17.2 Å². The van der Waals surface area contributed by atoms with Gasteiger partial charge in [-0.1, -0.05) is 58.8 Å². The third-order valence-electron chi connectivity index (χ3n) is 5.61. The predicted molar refractivity (Wildman–Crippen MR) is 132 cm³/mol. The molecule has 0 saturated carbocycles. The number of carbonyl (C=O) groups excluding carboxylic acids is 1. The Morgan fingerprint density at radius 1 is 0.781 bits per heavy atom. The van der Waals surface area contributed by atoms with Crippen molar-refractivity contribution in [3.05, 3.63) is 23.3 Å². The fourth-order valence-corrected chi connectivity index (χ4v) is 3.73. The summed E-state index contributed by atoms with van der Waals surface area (Å²) in [7, 11) is 4.99. The van der Waals surface area contributed by atoms with Crippen LogP contribution in [0.4, 0.5) is 0 Å². The van der Waals surface area contributed by atoms with Crippen LogP contribution in [0.3, 0.4) is 0 Å². The summed E-state index contributed by atoms with van der Waals surface area (Å²) in [6, 6.07) is 3.40. The Hall–Kier alpha value is -1.85. The van der Waals surface area contributed by atoms with Crippen LogP contribution in [0.5, 0.6) is 11.5 Å². The number of rotatable bonds is 20. The first-order valence-corrected chi connectivity index (χ1v) is 12.7. The summed E-state index contributed by atoms with van der Waals surface area (Å²) < 4.78 is 12.1. The van der Waals surface area contributed by atoms with Crippen molar-refractivity contribution < 1.29 is 19.1 Å². The van der Waals surface area contributed by atoms with Crippen LogP contribution < -0.4 is 9.47 Å². The number of hydrogen-bond donors (Lipinski definition) is 0. The van der Waals surface area contributed by atoms with Gasteiger partial charge >= 0.3 is 138 Å². The summed E-state index contributed by atoms with van der Waals surface area (Å²) in [5, 5.41) is 2.99. The number of carbonyl (C=O) groups is 1. The van der Waals surface area contributed by atoms with E-state index in [0.717, 1.165) is 24.8 Å². The molecule has 0 heterocycles. The number of unbranched alkanes of at least 4 members (excludes halogenated alkanes) is 12. The Bertz CT molecular complexity index is 651. The van der Waals surface area contributed by atoms with Crippen molar-refractivity contribution >= 4 is 13.6 Å². The minimum absolute atomic E-state index is 0.356. The second-order valence-electron chi connectivity index (χ2n) is 8.54. The topological polar surface area (TPSA) is 57.1 Å². The van der Waals surface area contributed by atoms with Gasteiger partial charge in [-0.05, 0) is 0 Å². The van der Waals surface area contributed by atoms with Gasteiger partial charge in [0.15, 0.2) is 0 Å². The molecule has 5 nitrogen and oxygen atoms in total. The quantitative estimate of drug-likeness (QED) is 0.118. The van der Waals surface area contributed by atoms with Gasteiger partial charge in [-0.25, -0.2) is 0 Å². The second-order valence-corrected chi connectivity index (χ2v) is 8.54. The van der Waals surface area contributed by atoms with Gasteiger partial charge < -0.3 is 0 Å². The molecule has 0 N–H and O–H groups in total. The molecule has 0 fully saturated rings. The fraction of sp³-hybridized carbons (Fsp3) is 0.731.